The van der Waals surface area contributed by atoms with Crippen molar-refractivity contribution in [2.45, 2.75) is 12.5 Å². The fraction of sp³-hybridized carbons (Fsp3) is 0.231. The van der Waals surface area contributed by atoms with Gasteiger partial charge in [0.15, 0.2) is 0 Å². The Bertz CT molecular complexity index is 578. The molecule has 6 heteroatoms. The molecule has 4 nitrogen and oxygen atoms in total. The largest absolute Gasteiger partial charge is 0.481 e. The maximum absolute atomic E-state index is 6.12. The van der Waals surface area contributed by atoms with E-state index in [1.807, 2.05) is 6.07 Å². The molecular formula is C13H13Cl2N3O. The zero-order chi connectivity index (χ0) is 13.8. The summed E-state index contributed by atoms with van der Waals surface area (Å²) in [4.78, 5) is 8.09. The van der Waals surface area contributed by atoms with Gasteiger partial charge in [0.2, 0.25) is 5.88 Å². The van der Waals surface area contributed by atoms with Crippen molar-refractivity contribution in [1.82, 2.24) is 9.97 Å². The number of hydrogen-bond donors (Lipinski definition) is 1. The Balaban J connectivity index is 2.17. The number of nitrogens with zero attached hydrogens (tertiary/aromatic N) is 2. The van der Waals surface area contributed by atoms with Gasteiger partial charge >= 0.3 is 0 Å². The molecule has 0 radical (unpaired) electrons. The third-order valence-corrected chi connectivity index (χ3v) is 3.29. The Morgan fingerprint density at radius 3 is 2.74 bits per heavy atom. The molecule has 0 aliphatic rings. The molecule has 2 N–H and O–H groups in total. The van der Waals surface area contributed by atoms with Crippen LogP contribution in [0.4, 0.5) is 0 Å². The van der Waals surface area contributed by atoms with Crippen molar-refractivity contribution < 1.29 is 4.74 Å². The van der Waals surface area contributed by atoms with Crippen LogP contribution in [-0.2, 0) is 6.42 Å². The first-order chi connectivity index (χ1) is 9.10. The Hall–Kier alpha value is -1.36. The molecule has 0 spiro atoms. The summed E-state index contributed by atoms with van der Waals surface area (Å²) in [7, 11) is 1.55. The number of aromatic nitrogens is 2. The van der Waals surface area contributed by atoms with Crippen LogP contribution in [0.2, 0.25) is 10.0 Å². The SMILES string of the molecule is COc1cc(C(N)Cc2ccc(Cl)cc2Cl)ncn1. The molecule has 1 heterocycles. The van der Waals surface area contributed by atoms with E-state index in [0.29, 0.717) is 28.0 Å². The minimum Gasteiger partial charge on any atom is -0.481 e. The lowest BCUT2D eigenvalue weighted by atomic mass is 10.0. The molecule has 0 aliphatic carbocycles. The van der Waals surface area contributed by atoms with Crippen LogP contribution >= 0.6 is 23.2 Å². The lowest BCUT2D eigenvalue weighted by molar-refractivity contribution is 0.395. The zero-order valence-electron chi connectivity index (χ0n) is 10.3. The van der Waals surface area contributed by atoms with Crippen LogP contribution in [0.1, 0.15) is 17.3 Å². The lowest BCUT2D eigenvalue weighted by Crippen LogP contribution is -2.15. The van der Waals surface area contributed by atoms with E-state index < -0.39 is 0 Å². The van der Waals surface area contributed by atoms with Crippen LogP contribution in [-0.4, -0.2) is 17.1 Å². The molecule has 0 saturated carbocycles. The fourth-order valence-electron chi connectivity index (χ4n) is 1.70. The van der Waals surface area contributed by atoms with E-state index in [0.717, 1.165) is 5.56 Å². The molecule has 0 amide bonds. The number of benzene rings is 1. The van der Waals surface area contributed by atoms with Gasteiger partial charge < -0.3 is 10.5 Å². The van der Waals surface area contributed by atoms with Gasteiger partial charge in [-0.05, 0) is 24.1 Å². The first-order valence-electron chi connectivity index (χ1n) is 5.65. The molecule has 19 heavy (non-hydrogen) atoms. The van der Waals surface area contributed by atoms with Crippen LogP contribution < -0.4 is 10.5 Å². The zero-order valence-corrected chi connectivity index (χ0v) is 11.8. The number of ether oxygens (including phenoxy) is 1. The second kappa shape index (κ2) is 6.19. The monoisotopic (exact) mass is 297 g/mol. The second-order valence-electron chi connectivity index (χ2n) is 4.03. The van der Waals surface area contributed by atoms with E-state index in [2.05, 4.69) is 9.97 Å². The Morgan fingerprint density at radius 1 is 1.26 bits per heavy atom. The van der Waals surface area contributed by atoms with Crippen LogP contribution in [0.5, 0.6) is 5.88 Å². The number of methoxy groups -OCH3 is 1. The molecule has 0 saturated heterocycles. The summed E-state index contributed by atoms with van der Waals surface area (Å²) >= 11 is 12.0. The average molecular weight is 298 g/mol. The minimum atomic E-state index is -0.282. The highest BCUT2D eigenvalue weighted by atomic mass is 35.5. The van der Waals surface area contributed by atoms with Gasteiger partial charge in [0.1, 0.15) is 6.33 Å². The summed E-state index contributed by atoms with van der Waals surface area (Å²) in [5.41, 5.74) is 7.75. The molecule has 0 aliphatic heterocycles. The van der Waals surface area contributed by atoms with Crippen molar-refractivity contribution in [1.29, 1.82) is 0 Å². The van der Waals surface area contributed by atoms with Gasteiger partial charge in [-0.3, -0.25) is 0 Å². The van der Waals surface area contributed by atoms with Crippen molar-refractivity contribution in [3.63, 3.8) is 0 Å². The molecule has 1 unspecified atom stereocenters. The molecular weight excluding hydrogens is 285 g/mol. The van der Waals surface area contributed by atoms with Crippen LogP contribution in [0.15, 0.2) is 30.6 Å². The maximum atomic E-state index is 6.12. The number of nitrogens with two attached hydrogens (primary N) is 1. The van der Waals surface area contributed by atoms with E-state index in [1.54, 1.807) is 25.3 Å². The Kier molecular flexibility index (Phi) is 4.58. The normalized spacial score (nSPS) is 12.2. The van der Waals surface area contributed by atoms with Gasteiger partial charge in [-0.25, -0.2) is 9.97 Å². The third kappa shape index (κ3) is 3.56. The second-order valence-corrected chi connectivity index (χ2v) is 4.88. The average Bonchev–Trinajstić information content (AvgIpc) is 2.42. The highest BCUT2D eigenvalue weighted by Crippen LogP contribution is 2.25. The van der Waals surface area contributed by atoms with Crippen LogP contribution in [0.3, 0.4) is 0 Å². The van der Waals surface area contributed by atoms with Gasteiger partial charge in [0, 0.05) is 16.1 Å². The highest BCUT2D eigenvalue weighted by Gasteiger charge is 2.12. The van der Waals surface area contributed by atoms with Gasteiger partial charge in [-0.1, -0.05) is 29.3 Å². The topological polar surface area (TPSA) is 61.0 Å². The predicted molar refractivity (Wildman–Crippen MR) is 75.7 cm³/mol. The predicted octanol–water partition coefficient (Wildman–Crippen LogP) is 3.03. The fourth-order valence-corrected chi connectivity index (χ4v) is 2.18. The van der Waals surface area contributed by atoms with Crippen molar-refractivity contribution in [3.05, 3.63) is 51.9 Å². The lowest BCUT2D eigenvalue weighted by Gasteiger charge is -2.13. The molecule has 0 fully saturated rings. The summed E-state index contributed by atoms with van der Waals surface area (Å²) in [5.74, 6) is 0.489. The highest BCUT2D eigenvalue weighted by molar-refractivity contribution is 6.35. The summed E-state index contributed by atoms with van der Waals surface area (Å²) in [6.45, 7) is 0. The molecule has 0 bridgehead atoms. The molecule has 2 aromatic rings. The molecule has 2 rings (SSSR count). The van der Waals surface area contributed by atoms with E-state index in [1.165, 1.54) is 6.33 Å². The molecule has 100 valence electrons. The van der Waals surface area contributed by atoms with E-state index in [4.69, 9.17) is 33.7 Å². The first kappa shape index (κ1) is 14.1. The van der Waals surface area contributed by atoms with Crippen molar-refractivity contribution in [2.75, 3.05) is 7.11 Å². The molecule has 1 aromatic heterocycles. The summed E-state index contributed by atoms with van der Waals surface area (Å²) < 4.78 is 5.04. The van der Waals surface area contributed by atoms with Crippen LogP contribution in [0.25, 0.3) is 0 Å². The smallest absolute Gasteiger partial charge is 0.216 e. The van der Waals surface area contributed by atoms with E-state index >= 15 is 0 Å². The van der Waals surface area contributed by atoms with Gasteiger partial charge in [-0.15, -0.1) is 0 Å². The van der Waals surface area contributed by atoms with Crippen molar-refractivity contribution in [2.24, 2.45) is 5.73 Å². The first-order valence-corrected chi connectivity index (χ1v) is 6.41. The summed E-state index contributed by atoms with van der Waals surface area (Å²) in [6, 6.07) is 6.79. The molecule has 1 aromatic carbocycles. The molecule has 1 atom stereocenters. The summed E-state index contributed by atoms with van der Waals surface area (Å²) in [6.07, 6.45) is 1.99. The number of hydrogen-bond acceptors (Lipinski definition) is 4. The van der Waals surface area contributed by atoms with Gasteiger partial charge in [0.25, 0.3) is 0 Å². The Morgan fingerprint density at radius 2 is 2.05 bits per heavy atom. The number of rotatable bonds is 4. The van der Waals surface area contributed by atoms with Crippen molar-refractivity contribution >= 4 is 23.2 Å². The maximum Gasteiger partial charge on any atom is 0.216 e. The van der Waals surface area contributed by atoms with Gasteiger partial charge in [0.05, 0.1) is 18.8 Å². The van der Waals surface area contributed by atoms with Crippen molar-refractivity contribution in [3.8, 4) is 5.88 Å². The Labute approximate surface area is 121 Å². The standard InChI is InChI=1S/C13H13Cl2N3O/c1-19-13-6-12(17-7-18-13)11(16)4-8-2-3-9(14)5-10(8)15/h2-3,5-7,11H,4,16H2,1H3. The van der Waals surface area contributed by atoms with Gasteiger partial charge in [-0.2, -0.15) is 0 Å². The summed E-state index contributed by atoms with van der Waals surface area (Å²) in [5, 5.41) is 1.20. The number of halogens is 2. The van der Waals surface area contributed by atoms with E-state index in [-0.39, 0.29) is 6.04 Å². The minimum absolute atomic E-state index is 0.282. The third-order valence-electron chi connectivity index (χ3n) is 2.71. The quantitative estimate of drug-likeness (QED) is 0.942. The van der Waals surface area contributed by atoms with Crippen LogP contribution in [0, 0.1) is 0 Å². The van der Waals surface area contributed by atoms with E-state index in [9.17, 15) is 0 Å².